The topological polar surface area (TPSA) is 75.5 Å². The summed E-state index contributed by atoms with van der Waals surface area (Å²) in [5.74, 6) is 0.780. The number of hydrogen-bond donors (Lipinski definition) is 0. The van der Waals surface area contributed by atoms with E-state index in [0.29, 0.717) is 6.61 Å². The summed E-state index contributed by atoms with van der Waals surface area (Å²) in [5.41, 5.74) is 1.64. The maximum absolute atomic E-state index is 12.2. The third kappa shape index (κ3) is 5.94. The molecule has 3 heterocycles. The van der Waals surface area contributed by atoms with Crippen molar-refractivity contribution < 1.29 is 19.0 Å². The van der Waals surface area contributed by atoms with E-state index in [1.165, 1.54) is 7.11 Å². The van der Waals surface area contributed by atoms with Crippen molar-refractivity contribution in [3.63, 3.8) is 0 Å². The van der Waals surface area contributed by atoms with Gasteiger partial charge in [0.15, 0.2) is 6.23 Å². The highest BCUT2D eigenvalue weighted by Gasteiger charge is 2.41. The Morgan fingerprint density at radius 2 is 1.97 bits per heavy atom. The van der Waals surface area contributed by atoms with Gasteiger partial charge in [-0.15, -0.1) is 0 Å². The Bertz CT molecular complexity index is 868. The summed E-state index contributed by atoms with van der Waals surface area (Å²) in [5, 5.41) is 4.46. The highest BCUT2D eigenvalue weighted by Crippen LogP contribution is 2.43. The van der Waals surface area contributed by atoms with Crippen molar-refractivity contribution in [1.29, 1.82) is 0 Å². The summed E-state index contributed by atoms with van der Waals surface area (Å²) in [6.45, 7) is 1.47. The molecule has 0 bridgehead atoms. The Kier molecular flexibility index (Phi) is 8.37. The minimum Gasteiger partial charge on any atom is -0.492 e. The second-order valence-electron chi connectivity index (χ2n) is 9.35. The van der Waals surface area contributed by atoms with E-state index < -0.39 is 0 Å². The summed E-state index contributed by atoms with van der Waals surface area (Å²) in [4.78, 5) is 16.8. The number of rotatable bonds is 11. The highest BCUT2D eigenvalue weighted by atomic mass is 16.5. The molecule has 0 spiro atoms. The molecule has 2 aromatic heterocycles. The lowest BCUT2D eigenvalue weighted by atomic mass is 9.81. The normalized spacial score (nSPS) is 20.0. The molecule has 2 fully saturated rings. The zero-order valence-electron chi connectivity index (χ0n) is 19.8. The highest BCUT2D eigenvalue weighted by molar-refractivity contribution is 5.77. The predicted octanol–water partition coefficient (Wildman–Crippen LogP) is 5.71. The Hall–Kier alpha value is -2.41. The molecule has 1 unspecified atom stereocenters. The number of esters is 1. The first-order chi connectivity index (χ1) is 16.2. The first-order valence-corrected chi connectivity index (χ1v) is 12.5. The van der Waals surface area contributed by atoms with E-state index in [4.69, 9.17) is 14.2 Å². The maximum atomic E-state index is 12.2. The Balaban J connectivity index is 1.17. The number of unbranched alkanes of at least 4 members (excludes halogenated alkanes) is 3. The van der Waals surface area contributed by atoms with E-state index in [1.807, 2.05) is 22.9 Å². The minimum atomic E-state index is -0.211. The van der Waals surface area contributed by atoms with Crippen LogP contribution in [-0.4, -0.2) is 41.1 Å². The van der Waals surface area contributed by atoms with Crippen molar-refractivity contribution in [3.8, 4) is 17.1 Å². The van der Waals surface area contributed by atoms with Crippen molar-refractivity contribution in [2.45, 2.75) is 83.3 Å². The summed E-state index contributed by atoms with van der Waals surface area (Å²) in [6, 6.07) is 5.94. The SMILES string of the molecule is COC(=O)C1(CCCCCCOc2ccc(-c3ccnn3C3CCCCO3)nc2)CCCC1. The molecule has 0 aromatic carbocycles. The second kappa shape index (κ2) is 11.6. The molecule has 4 rings (SSSR count). The van der Waals surface area contributed by atoms with Crippen molar-refractivity contribution >= 4 is 5.97 Å². The lowest BCUT2D eigenvalue weighted by Crippen LogP contribution is -2.29. The number of hydrogen-bond acceptors (Lipinski definition) is 6. The molecule has 2 aromatic rings. The summed E-state index contributed by atoms with van der Waals surface area (Å²) < 4.78 is 18.8. The van der Waals surface area contributed by atoms with Crippen LogP contribution < -0.4 is 4.74 Å². The van der Waals surface area contributed by atoms with Crippen LogP contribution in [0.15, 0.2) is 30.6 Å². The molecule has 1 saturated carbocycles. The molecule has 33 heavy (non-hydrogen) atoms. The molecule has 7 heteroatoms. The molecule has 1 aliphatic carbocycles. The molecule has 0 radical (unpaired) electrons. The van der Waals surface area contributed by atoms with Crippen LogP contribution in [0.3, 0.4) is 0 Å². The summed E-state index contributed by atoms with van der Waals surface area (Å²) in [6.07, 6.45) is 16.4. The van der Waals surface area contributed by atoms with Gasteiger partial charge in [-0.1, -0.05) is 32.1 Å². The van der Waals surface area contributed by atoms with E-state index in [1.54, 1.807) is 12.4 Å². The summed E-state index contributed by atoms with van der Waals surface area (Å²) >= 11 is 0. The van der Waals surface area contributed by atoms with Gasteiger partial charge in [0, 0.05) is 12.8 Å². The third-order valence-electron chi connectivity index (χ3n) is 7.09. The van der Waals surface area contributed by atoms with Gasteiger partial charge >= 0.3 is 5.97 Å². The average Bonchev–Trinajstić information content (AvgIpc) is 3.55. The van der Waals surface area contributed by atoms with Gasteiger partial charge in [-0.25, -0.2) is 4.68 Å². The quantitative estimate of drug-likeness (QED) is 0.319. The van der Waals surface area contributed by atoms with Crippen molar-refractivity contribution in [2.24, 2.45) is 5.41 Å². The van der Waals surface area contributed by atoms with Crippen LogP contribution in [0.2, 0.25) is 0 Å². The standard InChI is InChI=1S/C26H37N3O4/c1-31-25(30)26(15-6-7-16-26)14-5-2-3-8-18-32-21-11-12-22(27-20-21)23-13-17-28-29(23)24-10-4-9-19-33-24/h11-13,17,20,24H,2-10,14-16,18-19H2,1H3. The molecule has 1 saturated heterocycles. The second-order valence-corrected chi connectivity index (χ2v) is 9.35. The fraction of sp³-hybridized carbons (Fsp3) is 0.654. The molecule has 1 aliphatic heterocycles. The van der Waals surface area contributed by atoms with E-state index >= 15 is 0 Å². The molecular formula is C26H37N3O4. The van der Waals surface area contributed by atoms with Crippen LogP contribution >= 0.6 is 0 Å². The van der Waals surface area contributed by atoms with E-state index in [-0.39, 0.29) is 17.6 Å². The fourth-order valence-corrected chi connectivity index (χ4v) is 5.21. The Morgan fingerprint density at radius 3 is 2.70 bits per heavy atom. The predicted molar refractivity (Wildman–Crippen MR) is 126 cm³/mol. The van der Waals surface area contributed by atoms with E-state index in [2.05, 4.69) is 10.1 Å². The van der Waals surface area contributed by atoms with Gasteiger partial charge in [-0.2, -0.15) is 5.10 Å². The molecular weight excluding hydrogens is 418 g/mol. The van der Waals surface area contributed by atoms with Gasteiger partial charge in [0.1, 0.15) is 5.75 Å². The zero-order chi connectivity index (χ0) is 22.9. The Morgan fingerprint density at radius 1 is 1.12 bits per heavy atom. The molecule has 0 N–H and O–H groups in total. The van der Waals surface area contributed by atoms with Crippen LogP contribution in [0.1, 0.15) is 83.3 Å². The summed E-state index contributed by atoms with van der Waals surface area (Å²) in [7, 11) is 1.51. The number of methoxy groups -OCH3 is 1. The van der Waals surface area contributed by atoms with Crippen LogP contribution in [0, 0.1) is 5.41 Å². The van der Waals surface area contributed by atoms with Gasteiger partial charge in [0.05, 0.1) is 36.7 Å². The van der Waals surface area contributed by atoms with Crippen LogP contribution in [-0.2, 0) is 14.3 Å². The first-order valence-electron chi connectivity index (χ1n) is 12.5. The van der Waals surface area contributed by atoms with E-state index in [0.717, 1.165) is 101 Å². The maximum Gasteiger partial charge on any atom is 0.311 e. The van der Waals surface area contributed by atoms with Gasteiger partial charge in [-0.3, -0.25) is 9.78 Å². The van der Waals surface area contributed by atoms with Crippen LogP contribution in [0.5, 0.6) is 5.75 Å². The van der Waals surface area contributed by atoms with E-state index in [9.17, 15) is 4.79 Å². The van der Waals surface area contributed by atoms with Gasteiger partial charge in [0.25, 0.3) is 0 Å². The Labute approximate surface area is 196 Å². The number of ether oxygens (including phenoxy) is 3. The average molecular weight is 456 g/mol. The van der Waals surface area contributed by atoms with Gasteiger partial charge < -0.3 is 14.2 Å². The van der Waals surface area contributed by atoms with Gasteiger partial charge in [0.2, 0.25) is 0 Å². The number of aromatic nitrogens is 3. The molecule has 1 atom stereocenters. The lowest BCUT2D eigenvalue weighted by molar-refractivity contribution is -0.153. The lowest BCUT2D eigenvalue weighted by Gasteiger charge is -2.25. The third-order valence-corrected chi connectivity index (χ3v) is 7.09. The number of carbonyl (C=O) groups is 1. The van der Waals surface area contributed by atoms with Gasteiger partial charge in [-0.05, 0) is 63.1 Å². The molecule has 180 valence electrons. The largest absolute Gasteiger partial charge is 0.492 e. The van der Waals surface area contributed by atoms with Crippen LogP contribution in [0.25, 0.3) is 11.4 Å². The number of carbonyl (C=O) groups excluding carboxylic acids is 1. The van der Waals surface area contributed by atoms with Crippen molar-refractivity contribution in [3.05, 3.63) is 30.6 Å². The number of pyridine rings is 1. The molecule has 0 amide bonds. The van der Waals surface area contributed by atoms with Crippen molar-refractivity contribution in [1.82, 2.24) is 14.8 Å². The molecule has 2 aliphatic rings. The molecule has 7 nitrogen and oxygen atoms in total. The fourth-order valence-electron chi connectivity index (χ4n) is 5.21. The van der Waals surface area contributed by atoms with Crippen molar-refractivity contribution in [2.75, 3.05) is 20.3 Å². The number of nitrogens with zero attached hydrogens (tertiary/aromatic N) is 3. The van der Waals surface area contributed by atoms with Crippen LogP contribution in [0.4, 0.5) is 0 Å². The first kappa shape index (κ1) is 23.7. The monoisotopic (exact) mass is 455 g/mol. The minimum absolute atomic E-state index is 0.00218. The smallest absolute Gasteiger partial charge is 0.311 e. The zero-order valence-corrected chi connectivity index (χ0v) is 19.8.